The third kappa shape index (κ3) is 2.22. The molecule has 1 aromatic rings. The van der Waals surface area contributed by atoms with Crippen molar-refractivity contribution in [2.75, 3.05) is 0 Å². The van der Waals surface area contributed by atoms with Gasteiger partial charge in [0.25, 0.3) is 0 Å². The summed E-state index contributed by atoms with van der Waals surface area (Å²) < 4.78 is 0. The Balaban J connectivity index is 1.85. The Kier molecular flexibility index (Phi) is 2.97. The Bertz CT molecular complexity index is 302. The maximum Gasteiger partial charge on any atom is 0.135 e. The summed E-state index contributed by atoms with van der Waals surface area (Å²) in [6.45, 7) is 0. The molecule has 0 heterocycles. The lowest BCUT2D eigenvalue weighted by Gasteiger charge is -2.06. The van der Waals surface area contributed by atoms with Crippen LogP contribution in [0.5, 0.6) is 0 Å². The minimum absolute atomic E-state index is 0.357. The second kappa shape index (κ2) is 4.41. The van der Waals surface area contributed by atoms with Gasteiger partial charge in [0.1, 0.15) is 5.78 Å². The zero-order chi connectivity index (χ0) is 9.80. The number of rotatable bonds is 3. The van der Waals surface area contributed by atoms with E-state index in [1.54, 1.807) is 0 Å². The molecule has 0 bridgehead atoms. The van der Waals surface area contributed by atoms with Crippen LogP contribution in [-0.4, -0.2) is 5.78 Å². The number of aryl methyl sites for hydroxylation is 1. The van der Waals surface area contributed by atoms with E-state index in [9.17, 15) is 4.79 Å². The van der Waals surface area contributed by atoms with Crippen LogP contribution in [-0.2, 0) is 11.2 Å². The van der Waals surface area contributed by atoms with Crippen LogP contribution in [0.1, 0.15) is 31.2 Å². The van der Waals surface area contributed by atoms with Gasteiger partial charge in [-0.25, -0.2) is 0 Å². The zero-order valence-corrected chi connectivity index (χ0v) is 8.41. The lowest BCUT2D eigenvalue weighted by molar-refractivity contribution is -0.120. The van der Waals surface area contributed by atoms with E-state index in [1.165, 1.54) is 5.56 Å². The van der Waals surface area contributed by atoms with E-state index in [1.807, 2.05) is 6.07 Å². The van der Waals surface area contributed by atoms with Crippen molar-refractivity contribution >= 4 is 5.78 Å². The van der Waals surface area contributed by atoms with E-state index in [-0.39, 0.29) is 0 Å². The molecular weight excluding hydrogens is 172 g/mol. The SMILES string of the molecule is O=C1CCC[C@H]1CCc1ccccc1. The highest BCUT2D eigenvalue weighted by molar-refractivity contribution is 5.82. The summed E-state index contributed by atoms with van der Waals surface area (Å²) in [6.07, 6.45) is 5.14. The van der Waals surface area contributed by atoms with Crippen molar-refractivity contribution in [3.05, 3.63) is 35.9 Å². The van der Waals surface area contributed by atoms with Gasteiger partial charge in [-0.15, -0.1) is 0 Å². The third-order valence-electron chi connectivity index (χ3n) is 3.06. The molecule has 1 aliphatic carbocycles. The average molecular weight is 188 g/mol. The molecule has 1 aromatic carbocycles. The first kappa shape index (κ1) is 9.45. The molecule has 1 atom stereocenters. The first-order valence-electron chi connectivity index (χ1n) is 5.43. The molecule has 0 unspecified atom stereocenters. The van der Waals surface area contributed by atoms with Gasteiger partial charge >= 0.3 is 0 Å². The van der Waals surface area contributed by atoms with E-state index in [2.05, 4.69) is 24.3 Å². The Morgan fingerprint density at radius 3 is 2.64 bits per heavy atom. The summed E-state index contributed by atoms with van der Waals surface area (Å²) in [5.74, 6) is 0.844. The summed E-state index contributed by atoms with van der Waals surface area (Å²) >= 11 is 0. The fourth-order valence-electron chi connectivity index (χ4n) is 2.18. The summed E-state index contributed by atoms with van der Waals surface area (Å²) in [5, 5.41) is 0. The predicted octanol–water partition coefficient (Wildman–Crippen LogP) is 2.99. The molecule has 0 radical (unpaired) electrons. The first-order chi connectivity index (χ1) is 6.86. The molecule has 0 spiro atoms. The van der Waals surface area contributed by atoms with E-state index in [0.717, 1.165) is 32.1 Å². The number of hydrogen-bond donors (Lipinski definition) is 0. The molecule has 0 saturated heterocycles. The summed E-state index contributed by atoms with van der Waals surface area (Å²) in [7, 11) is 0. The molecule has 0 amide bonds. The van der Waals surface area contributed by atoms with Gasteiger partial charge in [0, 0.05) is 12.3 Å². The minimum atomic E-state index is 0.357. The van der Waals surface area contributed by atoms with Gasteiger partial charge in [-0.1, -0.05) is 30.3 Å². The van der Waals surface area contributed by atoms with Crippen LogP contribution in [0.3, 0.4) is 0 Å². The number of benzene rings is 1. The van der Waals surface area contributed by atoms with Crippen molar-refractivity contribution in [1.82, 2.24) is 0 Å². The molecule has 0 aliphatic heterocycles. The van der Waals surface area contributed by atoms with Gasteiger partial charge in [0.2, 0.25) is 0 Å². The summed E-state index contributed by atoms with van der Waals surface area (Å²) in [4.78, 5) is 11.4. The van der Waals surface area contributed by atoms with Crippen LogP contribution in [0.2, 0.25) is 0 Å². The second-order valence-electron chi connectivity index (χ2n) is 4.08. The van der Waals surface area contributed by atoms with E-state index in [0.29, 0.717) is 11.7 Å². The Morgan fingerprint density at radius 1 is 1.21 bits per heavy atom. The minimum Gasteiger partial charge on any atom is -0.299 e. The van der Waals surface area contributed by atoms with E-state index in [4.69, 9.17) is 0 Å². The monoisotopic (exact) mass is 188 g/mol. The van der Waals surface area contributed by atoms with Crippen molar-refractivity contribution in [2.24, 2.45) is 5.92 Å². The van der Waals surface area contributed by atoms with Crippen LogP contribution in [0.15, 0.2) is 30.3 Å². The number of carbonyl (C=O) groups excluding carboxylic acids is 1. The van der Waals surface area contributed by atoms with Crippen LogP contribution < -0.4 is 0 Å². The molecule has 1 nitrogen and oxygen atoms in total. The quantitative estimate of drug-likeness (QED) is 0.712. The van der Waals surface area contributed by atoms with Crippen molar-refractivity contribution in [2.45, 2.75) is 32.1 Å². The zero-order valence-electron chi connectivity index (χ0n) is 8.41. The molecular formula is C13H16O. The smallest absolute Gasteiger partial charge is 0.135 e. The van der Waals surface area contributed by atoms with Crippen LogP contribution in [0.25, 0.3) is 0 Å². The van der Waals surface area contributed by atoms with Gasteiger partial charge in [-0.2, -0.15) is 0 Å². The standard InChI is InChI=1S/C13H16O/c14-13-8-4-7-12(13)10-9-11-5-2-1-3-6-11/h1-3,5-6,12H,4,7-10H2/t12-/m0/s1. The van der Waals surface area contributed by atoms with Crippen LogP contribution in [0, 0.1) is 5.92 Å². The first-order valence-corrected chi connectivity index (χ1v) is 5.43. The fraction of sp³-hybridized carbons (Fsp3) is 0.462. The molecule has 1 fully saturated rings. The lowest BCUT2D eigenvalue weighted by atomic mass is 9.97. The predicted molar refractivity (Wildman–Crippen MR) is 57.1 cm³/mol. The lowest BCUT2D eigenvalue weighted by Crippen LogP contribution is -2.07. The third-order valence-corrected chi connectivity index (χ3v) is 3.06. The maximum absolute atomic E-state index is 11.4. The van der Waals surface area contributed by atoms with Crippen molar-refractivity contribution in [3.8, 4) is 0 Å². The highest BCUT2D eigenvalue weighted by atomic mass is 16.1. The van der Waals surface area contributed by atoms with Crippen LogP contribution >= 0.6 is 0 Å². The van der Waals surface area contributed by atoms with E-state index < -0.39 is 0 Å². The van der Waals surface area contributed by atoms with Gasteiger partial charge < -0.3 is 0 Å². The molecule has 1 heteroatoms. The Hall–Kier alpha value is -1.11. The summed E-state index contributed by atoms with van der Waals surface area (Å²) in [5.41, 5.74) is 1.35. The fourth-order valence-corrected chi connectivity index (χ4v) is 2.18. The number of ketones is 1. The van der Waals surface area contributed by atoms with E-state index >= 15 is 0 Å². The van der Waals surface area contributed by atoms with Gasteiger partial charge in [-0.3, -0.25) is 4.79 Å². The number of carbonyl (C=O) groups is 1. The number of hydrogen-bond acceptors (Lipinski definition) is 1. The Labute approximate surface area is 85.1 Å². The molecule has 0 aromatic heterocycles. The molecule has 14 heavy (non-hydrogen) atoms. The molecule has 1 saturated carbocycles. The molecule has 74 valence electrons. The molecule has 1 aliphatic rings. The van der Waals surface area contributed by atoms with Gasteiger partial charge in [0.05, 0.1) is 0 Å². The molecule has 2 rings (SSSR count). The van der Waals surface area contributed by atoms with Gasteiger partial charge in [-0.05, 0) is 31.2 Å². The van der Waals surface area contributed by atoms with Crippen LogP contribution in [0.4, 0.5) is 0 Å². The normalized spacial score (nSPS) is 21.4. The highest BCUT2D eigenvalue weighted by Gasteiger charge is 2.23. The largest absolute Gasteiger partial charge is 0.299 e. The van der Waals surface area contributed by atoms with Crippen molar-refractivity contribution < 1.29 is 4.79 Å². The maximum atomic E-state index is 11.4. The highest BCUT2D eigenvalue weighted by Crippen LogP contribution is 2.25. The Morgan fingerprint density at radius 2 is 2.00 bits per heavy atom. The van der Waals surface area contributed by atoms with Crippen molar-refractivity contribution in [1.29, 1.82) is 0 Å². The average Bonchev–Trinajstić information content (AvgIpc) is 2.63. The second-order valence-corrected chi connectivity index (χ2v) is 4.08. The number of Topliss-reactive ketones (excluding diaryl/α,β-unsaturated/α-hetero) is 1. The summed E-state index contributed by atoms with van der Waals surface area (Å²) in [6, 6.07) is 10.4. The van der Waals surface area contributed by atoms with Crippen molar-refractivity contribution in [3.63, 3.8) is 0 Å². The molecule has 0 N–H and O–H groups in total. The van der Waals surface area contributed by atoms with Gasteiger partial charge in [0.15, 0.2) is 0 Å². The topological polar surface area (TPSA) is 17.1 Å².